The normalized spacial score (nSPS) is 21.4. The molecule has 1 aliphatic heterocycles. The molecule has 0 aliphatic carbocycles. The number of ether oxygens (including phenoxy) is 1. The fraction of sp³-hybridized carbons (Fsp3) is 0.412. The minimum atomic E-state index is -0.154. The molecule has 2 nitrogen and oxygen atoms in total. The number of halogens is 1. The summed E-state index contributed by atoms with van der Waals surface area (Å²) in [4.78, 5) is 1.27. The van der Waals surface area contributed by atoms with Crippen molar-refractivity contribution in [3.8, 4) is 5.75 Å². The van der Waals surface area contributed by atoms with Crippen molar-refractivity contribution >= 4 is 22.9 Å². The number of fused-ring (bicyclic) bond motifs is 1. The first-order valence-corrected chi connectivity index (χ1v) is 8.43. The van der Waals surface area contributed by atoms with Gasteiger partial charge in [-0.05, 0) is 39.0 Å². The Morgan fingerprint density at radius 3 is 2.76 bits per heavy atom. The van der Waals surface area contributed by atoms with Crippen LogP contribution < -0.4 is 10.1 Å². The van der Waals surface area contributed by atoms with Crippen LogP contribution in [0.2, 0.25) is 4.34 Å². The van der Waals surface area contributed by atoms with Gasteiger partial charge in [-0.15, -0.1) is 11.3 Å². The van der Waals surface area contributed by atoms with E-state index in [9.17, 15) is 0 Å². The summed E-state index contributed by atoms with van der Waals surface area (Å²) in [6.45, 7) is 6.47. The molecule has 0 spiro atoms. The summed E-state index contributed by atoms with van der Waals surface area (Å²) in [7, 11) is 0. The van der Waals surface area contributed by atoms with E-state index in [1.165, 1.54) is 10.4 Å². The van der Waals surface area contributed by atoms with Crippen molar-refractivity contribution in [3.05, 3.63) is 51.2 Å². The van der Waals surface area contributed by atoms with Gasteiger partial charge >= 0.3 is 0 Å². The van der Waals surface area contributed by atoms with Gasteiger partial charge in [-0.2, -0.15) is 0 Å². The Kier molecular flexibility index (Phi) is 4.00. The second kappa shape index (κ2) is 5.64. The molecule has 2 atom stereocenters. The van der Waals surface area contributed by atoms with Crippen molar-refractivity contribution in [3.63, 3.8) is 0 Å². The first-order valence-electron chi connectivity index (χ1n) is 7.24. The molecule has 112 valence electrons. The van der Waals surface area contributed by atoms with Gasteiger partial charge in [0.2, 0.25) is 0 Å². The lowest BCUT2D eigenvalue weighted by molar-refractivity contribution is 0.0641. The summed E-state index contributed by atoms with van der Waals surface area (Å²) in [6, 6.07) is 12.9. The molecule has 2 unspecified atom stereocenters. The van der Waals surface area contributed by atoms with Gasteiger partial charge in [-0.1, -0.05) is 29.8 Å². The first kappa shape index (κ1) is 14.9. The van der Waals surface area contributed by atoms with E-state index in [0.717, 1.165) is 16.5 Å². The number of hydrogen-bond donors (Lipinski definition) is 1. The highest BCUT2D eigenvalue weighted by atomic mass is 35.5. The van der Waals surface area contributed by atoms with Gasteiger partial charge in [0.25, 0.3) is 0 Å². The van der Waals surface area contributed by atoms with Crippen molar-refractivity contribution in [2.75, 3.05) is 0 Å². The average molecular weight is 322 g/mol. The molecule has 0 radical (unpaired) electrons. The van der Waals surface area contributed by atoms with E-state index in [1.54, 1.807) is 11.3 Å². The van der Waals surface area contributed by atoms with E-state index in [2.05, 4.69) is 50.4 Å². The molecule has 0 bridgehead atoms. The van der Waals surface area contributed by atoms with E-state index in [4.69, 9.17) is 16.3 Å². The largest absolute Gasteiger partial charge is 0.487 e. The van der Waals surface area contributed by atoms with Crippen LogP contribution in [0.1, 0.15) is 49.7 Å². The van der Waals surface area contributed by atoms with Gasteiger partial charge in [0.1, 0.15) is 11.4 Å². The van der Waals surface area contributed by atoms with Crippen LogP contribution in [0.5, 0.6) is 5.75 Å². The molecule has 1 aromatic heterocycles. The van der Waals surface area contributed by atoms with Crippen molar-refractivity contribution in [1.29, 1.82) is 0 Å². The SMILES string of the molecule is CC(NC1CC(C)(C)Oc2ccccc21)c1ccc(Cl)s1. The Balaban J connectivity index is 1.84. The van der Waals surface area contributed by atoms with Crippen LogP contribution in [0.3, 0.4) is 0 Å². The molecule has 1 N–H and O–H groups in total. The number of hydrogen-bond acceptors (Lipinski definition) is 3. The zero-order chi connectivity index (χ0) is 15.0. The maximum atomic E-state index is 6.08. The third-order valence-corrected chi connectivity index (χ3v) is 5.26. The molecule has 1 aliphatic rings. The summed E-state index contributed by atoms with van der Waals surface area (Å²) < 4.78 is 6.92. The van der Waals surface area contributed by atoms with Gasteiger partial charge in [0.05, 0.1) is 4.34 Å². The lowest BCUT2D eigenvalue weighted by atomic mass is 9.89. The molecule has 0 saturated heterocycles. The Bertz CT molecular complexity index is 637. The maximum Gasteiger partial charge on any atom is 0.124 e. The van der Waals surface area contributed by atoms with Crippen molar-refractivity contribution < 1.29 is 4.74 Å². The summed E-state index contributed by atoms with van der Waals surface area (Å²) in [5, 5.41) is 3.73. The van der Waals surface area contributed by atoms with Crippen LogP contribution in [0.15, 0.2) is 36.4 Å². The number of para-hydroxylation sites is 1. The highest BCUT2D eigenvalue weighted by Crippen LogP contribution is 2.40. The smallest absolute Gasteiger partial charge is 0.124 e. The third kappa shape index (κ3) is 3.25. The third-order valence-electron chi connectivity index (χ3n) is 3.85. The van der Waals surface area contributed by atoms with Crippen molar-refractivity contribution in [2.45, 2.75) is 44.9 Å². The summed E-state index contributed by atoms with van der Waals surface area (Å²) >= 11 is 7.68. The minimum absolute atomic E-state index is 0.154. The van der Waals surface area contributed by atoms with Crippen molar-refractivity contribution in [2.24, 2.45) is 0 Å². The standard InChI is InChI=1S/C17H20ClNOS/c1-11(15-8-9-16(18)21-15)19-13-10-17(2,3)20-14-7-5-4-6-12(13)14/h4-9,11,13,19H,10H2,1-3H3. The van der Waals surface area contributed by atoms with Gasteiger partial charge in [0, 0.05) is 28.9 Å². The Morgan fingerprint density at radius 1 is 1.29 bits per heavy atom. The fourth-order valence-corrected chi connectivity index (χ4v) is 3.97. The molecular weight excluding hydrogens is 302 g/mol. The van der Waals surface area contributed by atoms with Crippen LogP contribution in [0.4, 0.5) is 0 Å². The van der Waals surface area contributed by atoms with Gasteiger partial charge in [-0.3, -0.25) is 0 Å². The summed E-state index contributed by atoms with van der Waals surface area (Å²) in [6.07, 6.45) is 0.952. The molecule has 0 amide bonds. The van der Waals surface area contributed by atoms with Crippen molar-refractivity contribution in [1.82, 2.24) is 5.32 Å². The predicted octanol–water partition coefficient (Wildman–Crippen LogP) is 5.35. The Labute approximate surface area is 135 Å². The quantitative estimate of drug-likeness (QED) is 0.822. The first-order chi connectivity index (χ1) is 9.94. The van der Waals surface area contributed by atoms with Crippen LogP contribution >= 0.6 is 22.9 Å². The number of rotatable bonds is 3. The van der Waals surface area contributed by atoms with E-state index in [0.29, 0.717) is 6.04 Å². The lowest BCUT2D eigenvalue weighted by Crippen LogP contribution is -2.40. The zero-order valence-electron chi connectivity index (χ0n) is 12.5. The van der Waals surface area contributed by atoms with Gasteiger partial charge in [0.15, 0.2) is 0 Å². The van der Waals surface area contributed by atoms with E-state index < -0.39 is 0 Å². The molecule has 3 rings (SSSR count). The number of nitrogens with one attached hydrogen (secondary N) is 1. The summed E-state index contributed by atoms with van der Waals surface area (Å²) in [5.74, 6) is 0.989. The molecule has 2 aromatic rings. The molecule has 4 heteroatoms. The molecule has 0 fully saturated rings. The average Bonchev–Trinajstić information content (AvgIpc) is 2.84. The highest BCUT2D eigenvalue weighted by molar-refractivity contribution is 7.16. The van der Waals surface area contributed by atoms with E-state index in [1.807, 2.05) is 12.1 Å². The van der Waals surface area contributed by atoms with E-state index >= 15 is 0 Å². The topological polar surface area (TPSA) is 21.3 Å². The fourth-order valence-electron chi connectivity index (χ4n) is 2.90. The second-order valence-corrected chi connectivity index (χ2v) is 7.93. The maximum absolute atomic E-state index is 6.08. The Morgan fingerprint density at radius 2 is 2.05 bits per heavy atom. The van der Waals surface area contributed by atoms with Gasteiger partial charge in [-0.25, -0.2) is 0 Å². The van der Waals surface area contributed by atoms with Crippen LogP contribution in [-0.4, -0.2) is 5.60 Å². The van der Waals surface area contributed by atoms with Crippen LogP contribution in [-0.2, 0) is 0 Å². The highest BCUT2D eigenvalue weighted by Gasteiger charge is 2.34. The van der Waals surface area contributed by atoms with Gasteiger partial charge < -0.3 is 10.1 Å². The van der Waals surface area contributed by atoms with Crippen LogP contribution in [0, 0.1) is 0 Å². The monoisotopic (exact) mass is 321 g/mol. The minimum Gasteiger partial charge on any atom is -0.487 e. The molecule has 2 heterocycles. The molecule has 21 heavy (non-hydrogen) atoms. The molecular formula is C17H20ClNOS. The zero-order valence-corrected chi connectivity index (χ0v) is 14.1. The second-order valence-electron chi connectivity index (χ2n) is 6.19. The van der Waals surface area contributed by atoms with E-state index in [-0.39, 0.29) is 11.6 Å². The number of benzene rings is 1. The summed E-state index contributed by atoms with van der Waals surface area (Å²) in [5.41, 5.74) is 1.09. The molecule has 1 aromatic carbocycles. The number of thiophene rings is 1. The predicted molar refractivity (Wildman–Crippen MR) is 89.4 cm³/mol. The molecule has 0 saturated carbocycles. The van der Waals surface area contributed by atoms with Crippen LogP contribution in [0.25, 0.3) is 0 Å². The lowest BCUT2D eigenvalue weighted by Gasteiger charge is -2.39. The Hall–Kier alpha value is -1.03.